The summed E-state index contributed by atoms with van der Waals surface area (Å²) in [6.07, 6.45) is -0.0206. The first-order valence-electron chi connectivity index (χ1n) is 7.01. The van der Waals surface area contributed by atoms with Crippen LogP contribution in [0.1, 0.15) is 31.7 Å². The van der Waals surface area contributed by atoms with Gasteiger partial charge in [0.25, 0.3) is 0 Å². The van der Waals surface area contributed by atoms with E-state index in [9.17, 15) is 18.0 Å². The second-order valence-electron chi connectivity index (χ2n) is 5.49. The molecule has 1 atom stereocenters. The molecular weight excluding hydrogens is 322 g/mol. The molecule has 0 bridgehead atoms. The summed E-state index contributed by atoms with van der Waals surface area (Å²) < 4.78 is 31.9. The van der Waals surface area contributed by atoms with Gasteiger partial charge in [-0.25, -0.2) is 8.42 Å². The number of aryl methyl sites for hydroxylation is 1. The summed E-state index contributed by atoms with van der Waals surface area (Å²) in [6, 6.07) is 6.17. The quantitative estimate of drug-likeness (QED) is 0.692. The summed E-state index contributed by atoms with van der Waals surface area (Å²) >= 11 is 0. The summed E-state index contributed by atoms with van der Waals surface area (Å²) in [7, 11) is -2.79. The van der Waals surface area contributed by atoms with E-state index < -0.39 is 27.5 Å². The summed E-state index contributed by atoms with van der Waals surface area (Å²) in [5.41, 5.74) is -0.630. The third kappa shape index (κ3) is 5.33. The fourth-order valence-electron chi connectivity index (χ4n) is 2.09. The van der Waals surface area contributed by atoms with Crippen molar-refractivity contribution in [3.63, 3.8) is 0 Å². The Morgan fingerprint density at radius 1 is 1.26 bits per heavy atom. The molecule has 128 valence electrons. The molecular formula is C15H21NO6S. The normalized spacial score (nSPS) is 14.0. The van der Waals surface area contributed by atoms with Crippen LogP contribution in [0.4, 0.5) is 0 Å². The molecule has 0 aliphatic heterocycles. The first kappa shape index (κ1) is 19.1. The Balaban J connectivity index is 3.01. The Labute approximate surface area is 135 Å². The highest BCUT2D eigenvalue weighted by molar-refractivity contribution is 7.89. The number of sulfonamides is 1. The molecule has 0 unspecified atom stereocenters. The predicted octanol–water partition coefficient (Wildman–Crippen LogP) is 1.46. The molecule has 0 saturated heterocycles. The lowest BCUT2D eigenvalue weighted by atomic mass is 9.96. The summed E-state index contributed by atoms with van der Waals surface area (Å²) in [6.45, 7) is 3.21. The second kappa shape index (κ2) is 7.56. The van der Waals surface area contributed by atoms with Crippen molar-refractivity contribution in [3.8, 4) is 0 Å². The molecule has 0 amide bonds. The molecule has 0 heterocycles. The smallest absolute Gasteiger partial charge is 0.326 e. The Hall–Kier alpha value is -1.93. The highest BCUT2D eigenvalue weighted by Crippen LogP contribution is 2.20. The van der Waals surface area contributed by atoms with Crippen molar-refractivity contribution in [2.45, 2.75) is 43.5 Å². The van der Waals surface area contributed by atoms with Gasteiger partial charge in [-0.2, -0.15) is 4.72 Å². The number of carboxylic acid groups (broad SMARTS) is 1. The number of nitrogens with one attached hydrogen (secondary N) is 1. The van der Waals surface area contributed by atoms with Gasteiger partial charge in [-0.15, -0.1) is 0 Å². The fourth-order valence-corrected chi connectivity index (χ4v) is 3.48. The molecule has 2 N–H and O–H groups in total. The molecule has 1 aromatic rings. The van der Waals surface area contributed by atoms with Crippen LogP contribution in [0.15, 0.2) is 29.2 Å². The minimum Gasteiger partial charge on any atom is -0.481 e. The molecule has 8 heteroatoms. The summed E-state index contributed by atoms with van der Waals surface area (Å²) in [5.74, 6) is -1.78. The van der Waals surface area contributed by atoms with Crippen LogP contribution in [0.2, 0.25) is 0 Å². The Morgan fingerprint density at radius 3 is 2.30 bits per heavy atom. The number of aliphatic carboxylic acids is 1. The summed E-state index contributed by atoms with van der Waals surface area (Å²) in [4.78, 5) is 22.6. The highest BCUT2D eigenvalue weighted by atomic mass is 32.2. The molecule has 0 fully saturated rings. The number of carbonyl (C=O) groups excluding carboxylic acids is 1. The number of rotatable bonds is 8. The maximum Gasteiger partial charge on any atom is 0.326 e. The van der Waals surface area contributed by atoms with Crippen LogP contribution in [0.5, 0.6) is 0 Å². The third-order valence-corrected chi connectivity index (χ3v) is 5.01. The molecule has 0 radical (unpaired) electrons. The SMILES string of the molecule is COC(=O)[C@](C)(CCCC(=O)O)NS(=O)(=O)c1ccc(C)cc1. The second-order valence-corrected chi connectivity index (χ2v) is 7.17. The van der Waals surface area contributed by atoms with Gasteiger partial charge < -0.3 is 9.84 Å². The zero-order valence-electron chi connectivity index (χ0n) is 13.3. The molecule has 0 spiro atoms. The van der Waals surface area contributed by atoms with Crippen molar-refractivity contribution in [2.75, 3.05) is 7.11 Å². The van der Waals surface area contributed by atoms with Crippen LogP contribution in [-0.4, -0.2) is 38.1 Å². The predicted molar refractivity (Wildman–Crippen MR) is 83.4 cm³/mol. The maximum atomic E-state index is 12.4. The number of hydrogen-bond donors (Lipinski definition) is 2. The average molecular weight is 343 g/mol. The Bertz CT molecular complexity index is 668. The standard InChI is InChI=1S/C15H21NO6S/c1-11-6-8-12(9-7-11)23(20,21)16-15(2,14(19)22-3)10-4-5-13(17)18/h6-9,16H,4-5,10H2,1-3H3,(H,17,18)/t15-/m0/s1. The van der Waals surface area contributed by atoms with Crippen LogP contribution in [0.25, 0.3) is 0 Å². The number of carboxylic acids is 1. The molecule has 23 heavy (non-hydrogen) atoms. The van der Waals surface area contributed by atoms with Gasteiger partial charge in [0.15, 0.2) is 0 Å². The minimum absolute atomic E-state index is 0.0110. The van der Waals surface area contributed by atoms with Gasteiger partial charge in [0.2, 0.25) is 10.0 Å². The number of ether oxygens (including phenoxy) is 1. The molecule has 0 aliphatic carbocycles. The first-order valence-corrected chi connectivity index (χ1v) is 8.50. The minimum atomic E-state index is -3.94. The van der Waals surface area contributed by atoms with Gasteiger partial charge in [0, 0.05) is 6.42 Å². The number of hydrogen-bond acceptors (Lipinski definition) is 5. The van der Waals surface area contributed by atoms with Gasteiger partial charge in [0.1, 0.15) is 5.54 Å². The van der Waals surface area contributed by atoms with E-state index in [-0.39, 0.29) is 24.2 Å². The third-order valence-electron chi connectivity index (χ3n) is 3.39. The van der Waals surface area contributed by atoms with Gasteiger partial charge in [-0.1, -0.05) is 17.7 Å². The van der Waals surface area contributed by atoms with Crippen LogP contribution in [-0.2, 0) is 24.3 Å². The van der Waals surface area contributed by atoms with Crippen LogP contribution < -0.4 is 4.72 Å². The zero-order chi connectivity index (χ0) is 17.7. The van der Waals surface area contributed by atoms with Crippen LogP contribution in [0, 0.1) is 6.92 Å². The molecule has 7 nitrogen and oxygen atoms in total. The number of esters is 1. The molecule has 1 aromatic carbocycles. The highest BCUT2D eigenvalue weighted by Gasteiger charge is 2.38. The van der Waals surface area contributed by atoms with Crippen molar-refractivity contribution in [3.05, 3.63) is 29.8 Å². The first-order chi connectivity index (χ1) is 10.6. The van der Waals surface area contributed by atoms with Crippen LogP contribution >= 0.6 is 0 Å². The fraction of sp³-hybridized carbons (Fsp3) is 0.467. The van der Waals surface area contributed by atoms with E-state index >= 15 is 0 Å². The van der Waals surface area contributed by atoms with Crippen molar-refractivity contribution in [2.24, 2.45) is 0 Å². The van der Waals surface area contributed by atoms with Gasteiger partial charge in [0.05, 0.1) is 12.0 Å². The van der Waals surface area contributed by atoms with Crippen molar-refractivity contribution in [1.29, 1.82) is 0 Å². The average Bonchev–Trinajstić information content (AvgIpc) is 2.45. The number of carbonyl (C=O) groups is 2. The largest absolute Gasteiger partial charge is 0.481 e. The molecule has 0 saturated carbocycles. The van der Waals surface area contributed by atoms with Crippen molar-refractivity contribution in [1.82, 2.24) is 4.72 Å². The topological polar surface area (TPSA) is 110 Å². The van der Waals surface area contributed by atoms with Crippen LogP contribution in [0.3, 0.4) is 0 Å². The van der Waals surface area contributed by atoms with E-state index in [0.29, 0.717) is 0 Å². The number of methoxy groups -OCH3 is 1. The Morgan fingerprint density at radius 2 is 1.83 bits per heavy atom. The van der Waals surface area contributed by atoms with E-state index in [1.165, 1.54) is 19.1 Å². The van der Waals surface area contributed by atoms with E-state index in [2.05, 4.69) is 9.46 Å². The van der Waals surface area contributed by atoms with E-state index in [0.717, 1.165) is 12.7 Å². The lowest BCUT2D eigenvalue weighted by Crippen LogP contribution is -2.52. The van der Waals surface area contributed by atoms with Gasteiger partial charge in [-0.05, 0) is 38.8 Å². The lowest BCUT2D eigenvalue weighted by Gasteiger charge is -2.27. The maximum absolute atomic E-state index is 12.4. The van der Waals surface area contributed by atoms with E-state index in [1.54, 1.807) is 12.1 Å². The van der Waals surface area contributed by atoms with E-state index in [4.69, 9.17) is 5.11 Å². The van der Waals surface area contributed by atoms with Crippen molar-refractivity contribution < 1.29 is 27.9 Å². The van der Waals surface area contributed by atoms with Gasteiger partial charge in [-0.3, -0.25) is 9.59 Å². The lowest BCUT2D eigenvalue weighted by molar-refractivity contribution is -0.148. The monoisotopic (exact) mass is 343 g/mol. The molecule has 0 aliphatic rings. The Kier molecular flexibility index (Phi) is 6.28. The summed E-state index contributed by atoms with van der Waals surface area (Å²) in [5, 5.41) is 8.69. The molecule has 1 rings (SSSR count). The van der Waals surface area contributed by atoms with E-state index in [1.807, 2.05) is 6.92 Å². The van der Waals surface area contributed by atoms with Gasteiger partial charge >= 0.3 is 11.9 Å². The van der Waals surface area contributed by atoms with Crippen molar-refractivity contribution >= 4 is 22.0 Å². The number of benzene rings is 1. The zero-order valence-corrected chi connectivity index (χ0v) is 14.1. The molecule has 0 aromatic heterocycles.